The molecule has 1 saturated carbocycles. The number of benzene rings is 1. The molecular weight excluding hydrogens is 256 g/mol. The molecule has 2 aromatic rings. The van der Waals surface area contributed by atoms with Gasteiger partial charge in [0, 0.05) is 25.0 Å². The highest BCUT2D eigenvalue weighted by atomic mass is 15.0. The van der Waals surface area contributed by atoms with Gasteiger partial charge in [-0.15, -0.1) is 0 Å². The molecule has 1 N–H and O–H groups in total. The molecule has 21 heavy (non-hydrogen) atoms. The summed E-state index contributed by atoms with van der Waals surface area (Å²) in [5.41, 5.74) is 4.23. The van der Waals surface area contributed by atoms with Crippen LogP contribution in [0.25, 0.3) is 0 Å². The summed E-state index contributed by atoms with van der Waals surface area (Å²) < 4.78 is 2.31. The fourth-order valence-corrected chi connectivity index (χ4v) is 3.04. The third-order valence-corrected chi connectivity index (χ3v) is 4.45. The Labute approximate surface area is 128 Å². The van der Waals surface area contributed by atoms with Gasteiger partial charge in [0.05, 0.1) is 0 Å². The maximum Gasteiger partial charge on any atom is 0.0470 e. The molecule has 0 radical (unpaired) electrons. The van der Waals surface area contributed by atoms with Crippen molar-refractivity contribution in [1.82, 2.24) is 9.88 Å². The van der Waals surface area contributed by atoms with Crippen LogP contribution >= 0.6 is 0 Å². The standard InChI is InChI=1S/C19H26N2/c1-3-15-5-7-16(8-6-15)13-21-12-11-18(14-21)19(20-4-2)17-9-10-17/h5-8,11-12,14,17,19-20H,3-4,9-10,13H2,1-2H3. The van der Waals surface area contributed by atoms with E-state index in [1.54, 1.807) is 0 Å². The molecule has 0 amide bonds. The lowest BCUT2D eigenvalue weighted by Crippen LogP contribution is -2.22. The maximum absolute atomic E-state index is 3.64. The Morgan fingerprint density at radius 1 is 1.10 bits per heavy atom. The molecule has 2 nitrogen and oxygen atoms in total. The molecule has 1 heterocycles. The second-order valence-corrected chi connectivity index (χ2v) is 6.16. The van der Waals surface area contributed by atoms with Gasteiger partial charge < -0.3 is 9.88 Å². The molecule has 1 fully saturated rings. The van der Waals surface area contributed by atoms with E-state index in [-0.39, 0.29) is 0 Å². The molecule has 1 aliphatic carbocycles. The molecule has 0 spiro atoms. The van der Waals surface area contributed by atoms with Crippen molar-refractivity contribution in [2.75, 3.05) is 6.54 Å². The third kappa shape index (κ3) is 3.56. The highest BCUT2D eigenvalue weighted by molar-refractivity contribution is 5.24. The van der Waals surface area contributed by atoms with Crippen molar-refractivity contribution in [2.45, 2.75) is 45.7 Å². The van der Waals surface area contributed by atoms with Crippen molar-refractivity contribution in [2.24, 2.45) is 5.92 Å². The lowest BCUT2D eigenvalue weighted by atomic mass is 10.1. The molecule has 1 unspecified atom stereocenters. The molecule has 1 atom stereocenters. The van der Waals surface area contributed by atoms with Gasteiger partial charge in [-0.3, -0.25) is 0 Å². The summed E-state index contributed by atoms with van der Waals surface area (Å²) in [6, 6.07) is 11.8. The normalized spacial score (nSPS) is 16.1. The van der Waals surface area contributed by atoms with Crippen molar-refractivity contribution in [3.8, 4) is 0 Å². The zero-order chi connectivity index (χ0) is 14.7. The Kier molecular flexibility index (Phi) is 4.45. The minimum atomic E-state index is 0.554. The van der Waals surface area contributed by atoms with Gasteiger partial charge in [-0.1, -0.05) is 38.1 Å². The van der Waals surface area contributed by atoms with Crippen LogP contribution in [0.4, 0.5) is 0 Å². The van der Waals surface area contributed by atoms with Gasteiger partial charge >= 0.3 is 0 Å². The average Bonchev–Trinajstić information content (AvgIpc) is 3.25. The zero-order valence-corrected chi connectivity index (χ0v) is 13.2. The van der Waals surface area contributed by atoms with Crippen LogP contribution in [0, 0.1) is 5.92 Å². The molecule has 1 aromatic carbocycles. The number of aryl methyl sites for hydroxylation is 1. The Morgan fingerprint density at radius 2 is 1.81 bits per heavy atom. The van der Waals surface area contributed by atoms with Gasteiger partial charge in [-0.25, -0.2) is 0 Å². The summed E-state index contributed by atoms with van der Waals surface area (Å²) in [6.45, 7) is 6.41. The van der Waals surface area contributed by atoms with Crippen LogP contribution in [0.3, 0.4) is 0 Å². The maximum atomic E-state index is 3.64. The van der Waals surface area contributed by atoms with E-state index >= 15 is 0 Å². The monoisotopic (exact) mass is 282 g/mol. The minimum absolute atomic E-state index is 0.554. The Hall–Kier alpha value is -1.54. The van der Waals surface area contributed by atoms with Crippen LogP contribution < -0.4 is 5.32 Å². The number of nitrogens with zero attached hydrogens (tertiary/aromatic N) is 1. The average molecular weight is 282 g/mol. The van der Waals surface area contributed by atoms with Crippen LogP contribution in [-0.2, 0) is 13.0 Å². The molecule has 1 aromatic heterocycles. The van der Waals surface area contributed by atoms with Gasteiger partial charge in [0.15, 0.2) is 0 Å². The van der Waals surface area contributed by atoms with Crippen molar-refractivity contribution in [1.29, 1.82) is 0 Å². The quantitative estimate of drug-likeness (QED) is 0.807. The predicted octanol–water partition coefficient (Wildman–Crippen LogP) is 4.16. The summed E-state index contributed by atoms with van der Waals surface area (Å²) in [5.74, 6) is 0.852. The lowest BCUT2D eigenvalue weighted by molar-refractivity contribution is 0.495. The third-order valence-electron chi connectivity index (χ3n) is 4.45. The molecule has 2 heteroatoms. The molecule has 0 saturated heterocycles. The number of hydrogen-bond donors (Lipinski definition) is 1. The summed E-state index contributed by atoms with van der Waals surface area (Å²) in [6.07, 6.45) is 8.40. The predicted molar refractivity (Wildman–Crippen MR) is 88.5 cm³/mol. The lowest BCUT2D eigenvalue weighted by Gasteiger charge is -2.15. The summed E-state index contributed by atoms with van der Waals surface area (Å²) >= 11 is 0. The second kappa shape index (κ2) is 6.48. The van der Waals surface area contributed by atoms with Crippen LogP contribution in [0.5, 0.6) is 0 Å². The van der Waals surface area contributed by atoms with E-state index in [0.717, 1.165) is 25.4 Å². The van der Waals surface area contributed by atoms with E-state index in [0.29, 0.717) is 6.04 Å². The number of rotatable bonds is 7. The SMILES string of the molecule is CCNC(c1ccn(Cc2ccc(CC)cc2)c1)C1CC1. The first-order valence-corrected chi connectivity index (χ1v) is 8.27. The molecule has 1 aliphatic rings. The molecule has 3 rings (SSSR count). The van der Waals surface area contributed by atoms with Crippen molar-refractivity contribution < 1.29 is 0 Å². The second-order valence-electron chi connectivity index (χ2n) is 6.16. The Morgan fingerprint density at radius 3 is 2.43 bits per heavy atom. The number of hydrogen-bond acceptors (Lipinski definition) is 1. The first-order valence-electron chi connectivity index (χ1n) is 8.27. The topological polar surface area (TPSA) is 17.0 Å². The highest BCUT2D eigenvalue weighted by Crippen LogP contribution is 2.41. The van der Waals surface area contributed by atoms with E-state index in [1.807, 2.05) is 0 Å². The van der Waals surface area contributed by atoms with Crippen LogP contribution in [0.15, 0.2) is 42.7 Å². The van der Waals surface area contributed by atoms with E-state index in [1.165, 1.54) is 29.5 Å². The van der Waals surface area contributed by atoms with Crippen LogP contribution in [0.1, 0.15) is 49.4 Å². The zero-order valence-electron chi connectivity index (χ0n) is 13.2. The molecular formula is C19H26N2. The fourth-order valence-electron chi connectivity index (χ4n) is 3.04. The van der Waals surface area contributed by atoms with Gasteiger partial charge in [-0.05, 0) is 54.5 Å². The van der Waals surface area contributed by atoms with Crippen molar-refractivity contribution in [3.63, 3.8) is 0 Å². The summed E-state index contributed by atoms with van der Waals surface area (Å²) in [4.78, 5) is 0. The van der Waals surface area contributed by atoms with Gasteiger partial charge in [0.25, 0.3) is 0 Å². The molecule has 0 aliphatic heterocycles. The number of aromatic nitrogens is 1. The highest BCUT2D eigenvalue weighted by Gasteiger charge is 2.31. The largest absolute Gasteiger partial charge is 0.350 e. The van der Waals surface area contributed by atoms with Gasteiger partial charge in [0.1, 0.15) is 0 Å². The number of nitrogens with one attached hydrogen (secondary N) is 1. The summed E-state index contributed by atoms with van der Waals surface area (Å²) in [5, 5.41) is 3.64. The minimum Gasteiger partial charge on any atom is -0.350 e. The van der Waals surface area contributed by atoms with E-state index < -0.39 is 0 Å². The van der Waals surface area contributed by atoms with E-state index in [9.17, 15) is 0 Å². The van der Waals surface area contributed by atoms with Crippen molar-refractivity contribution in [3.05, 3.63) is 59.4 Å². The smallest absolute Gasteiger partial charge is 0.0470 e. The molecule has 112 valence electrons. The first-order chi connectivity index (χ1) is 10.3. The van der Waals surface area contributed by atoms with Crippen LogP contribution in [0.2, 0.25) is 0 Å². The first kappa shape index (κ1) is 14.4. The Balaban J connectivity index is 1.68. The Bertz CT molecular complexity index is 564. The van der Waals surface area contributed by atoms with E-state index in [4.69, 9.17) is 0 Å². The van der Waals surface area contributed by atoms with Gasteiger partial charge in [0.2, 0.25) is 0 Å². The van der Waals surface area contributed by atoms with Crippen molar-refractivity contribution >= 4 is 0 Å². The van der Waals surface area contributed by atoms with Crippen LogP contribution in [-0.4, -0.2) is 11.1 Å². The van der Waals surface area contributed by atoms with E-state index in [2.05, 4.69) is 66.5 Å². The summed E-state index contributed by atoms with van der Waals surface area (Å²) in [7, 11) is 0. The van der Waals surface area contributed by atoms with Gasteiger partial charge in [-0.2, -0.15) is 0 Å². The molecule has 0 bridgehead atoms. The fraction of sp³-hybridized carbons (Fsp3) is 0.474.